The Morgan fingerprint density at radius 1 is 1.05 bits per heavy atom. The topological polar surface area (TPSA) is 35.2 Å². The normalized spacial score (nSPS) is 10.7. The van der Waals surface area contributed by atoms with Crippen LogP contribution in [0.4, 0.5) is 5.69 Å². The minimum atomic E-state index is 0.117. The average molecular weight is 338 g/mol. The van der Waals surface area contributed by atoms with Gasteiger partial charge in [-0.2, -0.15) is 0 Å². The summed E-state index contributed by atoms with van der Waals surface area (Å²) in [7, 11) is 0. The Morgan fingerprint density at radius 3 is 2.42 bits per heavy atom. The van der Waals surface area contributed by atoms with E-state index in [1.165, 1.54) is 0 Å². The Labute approximate surface area is 126 Å². The molecule has 0 aromatic heterocycles. The molecule has 0 fully saturated rings. The quantitative estimate of drug-likeness (QED) is 0.800. The van der Waals surface area contributed by atoms with E-state index in [1.54, 1.807) is 11.8 Å². The van der Waals surface area contributed by atoms with E-state index in [9.17, 15) is 0 Å². The Balaban J connectivity index is 2.28. The molecule has 0 heterocycles. The molecule has 0 amide bonds. The van der Waals surface area contributed by atoms with Crippen LogP contribution in [0.25, 0.3) is 0 Å². The van der Waals surface area contributed by atoms with Gasteiger partial charge in [0.1, 0.15) is 5.75 Å². The van der Waals surface area contributed by atoms with Crippen LogP contribution in [0.15, 0.2) is 56.7 Å². The fourth-order valence-corrected chi connectivity index (χ4v) is 3.05. The van der Waals surface area contributed by atoms with Gasteiger partial charge in [0.25, 0.3) is 0 Å². The summed E-state index contributed by atoms with van der Waals surface area (Å²) in [5, 5.41) is 0. The standard InChI is InChI=1S/C15H16BrNOS/c1-10(2)18-12-7-5-9-14(15(12)17)19-13-8-4-3-6-11(13)16/h3-10H,17H2,1-2H3. The lowest BCUT2D eigenvalue weighted by Crippen LogP contribution is -2.07. The number of para-hydroxylation sites is 1. The van der Waals surface area contributed by atoms with Gasteiger partial charge in [-0.3, -0.25) is 0 Å². The third-order valence-corrected chi connectivity index (χ3v) is 4.55. The number of anilines is 1. The molecule has 0 saturated heterocycles. The van der Waals surface area contributed by atoms with E-state index < -0.39 is 0 Å². The highest BCUT2D eigenvalue weighted by Gasteiger charge is 2.10. The number of halogens is 1. The van der Waals surface area contributed by atoms with Gasteiger partial charge in [-0.1, -0.05) is 30.0 Å². The van der Waals surface area contributed by atoms with E-state index in [0.29, 0.717) is 5.69 Å². The van der Waals surface area contributed by atoms with E-state index in [-0.39, 0.29) is 6.10 Å². The molecule has 2 N–H and O–H groups in total. The number of hydrogen-bond acceptors (Lipinski definition) is 3. The summed E-state index contributed by atoms with van der Waals surface area (Å²) in [6, 6.07) is 14.0. The molecular formula is C15H16BrNOS. The summed E-state index contributed by atoms with van der Waals surface area (Å²) < 4.78 is 6.77. The van der Waals surface area contributed by atoms with Crippen molar-refractivity contribution in [1.29, 1.82) is 0 Å². The predicted octanol–water partition coefficient (Wildman–Crippen LogP) is 4.97. The molecule has 0 aliphatic rings. The molecule has 2 aromatic carbocycles. The van der Waals surface area contributed by atoms with E-state index in [0.717, 1.165) is 20.0 Å². The number of hydrogen-bond donors (Lipinski definition) is 1. The zero-order chi connectivity index (χ0) is 13.8. The molecule has 4 heteroatoms. The fraction of sp³-hybridized carbons (Fsp3) is 0.200. The first-order chi connectivity index (χ1) is 9.08. The van der Waals surface area contributed by atoms with E-state index >= 15 is 0 Å². The van der Waals surface area contributed by atoms with Crippen LogP contribution >= 0.6 is 27.7 Å². The highest BCUT2D eigenvalue weighted by Crippen LogP contribution is 2.39. The van der Waals surface area contributed by atoms with Crippen molar-refractivity contribution < 1.29 is 4.74 Å². The molecule has 0 unspecified atom stereocenters. The molecule has 2 nitrogen and oxygen atoms in total. The molecule has 0 aliphatic heterocycles. The number of benzene rings is 2. The number of rotatable bonds is 4. The van der Waals surface area contributed by atoms with E-state index in [4.69, 9.17) is 10.5 Å². The minimum absolute atomic E-state index is 0.117. The summed E-state index contributed by atoms with van der Waals surface area (Å²) in [6.45, 7) is 3.99. The molecule has 0 aliphatic carbocycles. The van der Waals surface area contributed by atoms with Crippen LogP contribution in [0.3, 0.4) is 0 Å². The molecule has 0 spiro atoms. The van der Waals surface area contributed by atoms with E-state index in [1.807, 2.05) is 50.2 Å². The van der Waals surface area contributed by atoms with Gasteiger partial charge in [0.15, 0.2) is 0 Å². The van der Waals surface area contributed by atoms with Crippen LogP contribution in [-0.4, -0.2) is 6.10 Å². The third kappa shape index (κ3) is 3.67. The van der Waals surface area contributed by atoms with Crippen molar-refractivity contribution in [3.8, 4) is 5.75 Å². The van der Waals surface area contributed by atoms with Gasteiger partial charge in [-0.05, 0) is 54.0 Å². The van der Waals surface area contributed by atoms with Gasteiger partial charge in [0, 0.05) is 14.3 Å². The Hall–Kier alpha value is -1.13. The summed E-state index contributed by atoms with van der Waals surface area (Å²) in [5.41, 5.74) is 6.86. The van der Waals surface area contributed by atoms with Crippen molar-refractivity contribution in [2.24, 2.45) is 0 Å². The first-order valence-corrected chi connectivity index (χ1v) is 7.66. The van der Waals surface area contributed by atoms with Crippen LogP contribution in [-0.2, 0) is 0 Å². The van der Waals surface area contributed by atoms with Crippen molar-refractivity contribution in [2.75, 3.05) is 5.73 Å². The third-order valence-electron chi connectivity index (χ3n) is 2.45. The minimum Gasteiger partial charge on any atom is -0.489 e. The SMILES string of the molecule is CC(C)Oc1cccc(Sc2ccccc2Br)c1N. The second-order valence-corrected chi connectivity index (χ2v) is 6.31. The molecule has 100 valence electrons. The second-order valence-electron chi connectivity index (χ2n) is 4.37. The zero-order valence-corrected chi connectivity index (χ0v) is 13.3. The van der Waals surface area contributed by atoms with Crippen molar-refractivity contribution in [3.63, 3.8) is 0 Å². The summed E-state index contributed by atoms with van der Waals surface area (Å²) in [5.74, 6) is 0.743. The molecule has 2 aromatic rings. The lowest BCUT2D eigenvalue weighted by Gasteiger charge is -2.14. The van der Waals surface area contributed by atoms with Gasteiger partial charge in [-0.25, -0.2) is 0 Å². The first kappa shape index (κ1) is 14.3. The van der Waals surface area contributed by atoms with Gasteiger partial charge in [0.2, 0.25) is 0 Å². The molecule has 0 bridgehead atoms. The monoisotopic (exact) mass is 337 g/mol. The largest absolute Gasteiger partial charge is 0.489 e. The maximum absolute atomic E-state index is 6.17. The number of nitrogen functional groups attached to an aromatic ring is 1. The van der Waals surface area contributed by atoms with Crippen molar-refractivity contribution in [2.45, 2.75) is 29.7 Å². The average Bonchev–Trinajstić information content (AvgIpc) is 2.36. The van der Waals surface area contributed by atoms with Gasteiger partial charge in [-0.15, -0.1) is 0 Å². The Bertz CT molecular complexity index is 572. The fourth-order valence-electron chi connectivity index (χ4n) is 1.62. The maximum atomic E-state index is 6.17. The molecule has 0 atom stereocenters. The van der Waals surface area contributed by atoms with Crippen LogP contribution in [0.5, 0.6) is 5.75 Å². The highest BCUT2D eigenvalue weighted by molar-refractivity contribution is 9.10. The van der Waals surface area contributed by atoms with Crippen LogP contribution in [0.1, 0.15) is 13.8 Å². The van der Waals surface area contributed by atoms with Crippen molar-refractivity contribution >= 4 is 33.4 Å². The molecule has 19 heavy (non-hydrogen) atoms. The molecular weight excluding hydrogens is 322 g/mol. The molecule has 0 radical (unpaired) electrons. The lowest BCUT2D eigenvalue weighted by atomic mass is 10.3. The predicted molar refractivity (Wildman–Crippen MR) is 84.9 cm³/mol. The van der Waals surface area contributed by atoms with Gasteiger partial charge >= 0.3 is 0 Å². The van der Waals surface area contributed by atoms with Crippen LogP contribution < -0.4 is 10.5 Å². The van der Waals surface area contributed by atoms with Crippen molar-refractivity contribution in [1.82, 2.24) is 0 Å². The van der Waals surface area contributed by atoms with Crippen LogP contribution in [0.2, 0.25) is 0 Å². The van der Waals surface area contributed by atoms with E-state index in [2.05, 4.69) is 22.0 Å². The van der Waals surface area contributed by atoms with Crippen molar-refractivity contribution in [3.05, 3.63) is 46.9 Å². The summed E-state index contributed by atoms with van der Waals surface area (Å²) in [4.78, 5) is 2.14. The smallest absolute Gasteiger partial charge is 0.143 e. The Kier molecular flexibility index (Phi) is 4.77. The first-order valence-electron chi connectivity index (χ1n) is 6.05. The lowest BCUT2D eigenvalue weighted by molar-refractivity contribution is 0.243. The maximum Gasteiger partial charge on any atom is 0.143 e. The highest BCUT2D eigenvalue weighted by atomic mass is 79.9. The van der Waals surface area contributed by atoms with Gasteiger partial charge in [0.05, 0.1) is 11.8 Å². The number of nitrogens with two attached hydrogens (primary N) is 1. The summed E-state index contributed by atoms with van der Waals surface area (Å²) in [6.07, 6.45) is 0.117. The number of ether oxygens (including phenoxy) is 1. The Morgan fingerprint density at radius 2 is 1.74 bits per heavy atom. The molecule has 2 rings (SSSR count). The second kappa shape index (κ2) is 6.35. The van der Waals surface area contributed by atoms with Gasteiger partial charge < -0.3 is 10.5 Å². The molecule has 0 saturated carbocycles. The summed E-state index contributed by atoms with van der Waals surface area (Å²) >= 11 is 5.17. The van der Waals surface area contributed by atoms with Crippen LogP contribution in [0, 0.1) is 0 Å². The zero-order valence-electron chi connectivity index (χ0n) is 10.9.